The second-order valence-corrected chi connectivity index (χ2v) is 4.83. The van der Waals surface area contributed by atoms with E-state index < -0.39 is 0 Å². The van der Waals surface area contributed by atoms with Gasteiger partial charge in [-0.25, -0.2) is 4.98 Å². The minimum Gasteiger partial charge on any atom is -0.339 e. The molecule has 2 heterocycles. The average Bonchev–Trinajstić information content (AvgIpc) is 3.10. The lowest BCUT2D eigenvalue weighted by atomic mass is 10.1. The molecule has 96 valence electrons. The van der Waals surface area contributed by atoms with Gasteiger partial charge in [-0.1, -0.05) is 35.5 Å². The van der Waals surface area contributed by atoms with E-state index in [1.165, 1.54) is 11.3 Å². The van der Waals surface area contributed by atoms with Crippen molar-refractivity contribution in [2.75, 3.05) is 0 Å². The molecule has 0 aliphatic carbocycles. The third kappa shape index (κ3) is 2.69. The van der Waals surface area contributed by atoms with Crippen molar-refractivity contribution in [3.63, 3.8) is 0 Å². The Bertz CT molecular complexity index is 636. The maximum absolute atomic E-state index is 6.11. The van der Waals surface area contributed by atoms with Gasteiger partial charge in [0.25, 0.3) is 0 Å². The van der Waals surface area contributed by atoms with Gasteiger partial charge in [-0.05, 0) is 5.56 Å². The van der Waals surface area contributed by atoms with Crippen LogP contribution in [0.15, 0.2) is 45.7 Å². The number of hydrogen-bond acceptors (Lipinski definition) is 6. The summed E-state index contributed by atoms with van der Waals surface area (Å²) >= 11 is 1.50. The lowest BCUT2D eigenvalue weighted by Gasteiger charge is -2.08. The molecule has 2 aromatic heterocycles. The van der Waals surface area contributed by atoms with Crippen LogP contribution in [0.25, 0.3) is 11.5 Å². The average molecular weight is 272 g/mol. The SMILES string of the molecule is NC(Cc1nc(-c2cscn2)no1)c1ccccc1. The van der Waals surface area contributed by atoms with Gasteiger partial charge < -0.3 is 10.3 Å². The van der Waals surface area contributed by atoms with Crippen LogP contribution in [0.5, 0.6) is 0 Å². The lowest BCUT2D eigenvalue weighted by Crippen LogP contribution is -2.13. The Morgan fingerprint density at radius 2 is 2.11 bits per heavy atom. The number of nitrogens with two attached hydrogens (primary N) is 1. The molecule has 3 rings (SSSR count). The van der Waals surface area contributed by atoms with Crippen molar-refractivity contribution in [2.45, 2.75) is 12.5 Å². The first kappa shape index (κ1) is 12.0. The minimum atomic E-state index is -0.148. The van der Waals surface area contributed by atoms with Crippen molar-refractivity contribution in [3.8, 4) is 11.5 Å². The Balaban J connectivity index is 1.74. The standard InChI is InChI=1S/C13H12N4OS/c14-10(9-4-2-1-3-5-9)6-12-16-13(17-18-12)11-7-19-8-15-11/h1-5,7-8,10H,6,14H2. The first-order chi connectivity index (χ1) is 9.33. The van der Waals surface area contributed by atoms with E-state index in [-0.39, 0.29) is 6.04 Å². The molecule has 0 bridgehead atoms. The molecule has 2 N–H and O–H groups in total. The number of thiazole rings is 1. The molecule has 5 nitrogen and oxygen atoms in total. The lowest BCUT2D eigenvalue weighted by molar-refractivity contribution is 0.370. The van der Waals surface area contributed by atoms with Crippen molar-refractivity contribution < 1.29 is 4.52 Å². The zero-order valence-corrected chi connectivity index (χ0v) is 10.9. The van der Waals surface area contributed by atoms with Crippen LogP contribution in [0, 0.1) is 0 Å². The van der Waals surface area contributed by atoms with Crippen molar-refractivity contribution in [2.24, 2.45) is 5.73 Å². The number of rotatable bonds is 4. The van der Waals surface area contributed by atoms with E-state index in [2.05, 4.69) is 15.1 Å². The molecule has 1 aromatic carbocycles. The van der Waals surface area contributed by atoms with Crippen molar-refractivity contribution in [3.05, 3.63) is 52.7 Å². The second kappa shape index (κ2) is 5.29. The molecule has 6 heteroatoms. The van der Waals surface area contributed by atoms with E-state index in [0.717, 1.165) is 11.3 Å². The number of benzene rings is 1. The highest BCUT2D eigenvalue weighted by Gasteiger charge is 2.14. The van der Waals surface area contributed by atoms with Crippen LogP contribution >= 0.6 is 11.3 Å². The summed E-state index contributed by atoms with van der Waals surface area (Å²) in [6, 6.07) is 9.71. The van der Waals surface area contributed by atoms with Gasteiger partial charge in [0.1, 0.15) is 5.69 Å². The highest BCUT2D eigenvalue weighted by atomic mass is 32.1. The topological polar surface area (TPSA) is 77.8 Å². The first-order valence-corrected chi connectivity index (χ1v) is 6.79. The molecule has 0 saturated carbocycles. The van der Waals surface area contributed by atoms with Crippen molar-refractivity contribution >= 4 is 11.3 Å². The predicted molar refractivity (Wildman–Crippen MR) is 72.5 cm³/mol. The fraction of sp³-hybridized carbons (Fsp3) is 0.154. The van der Waals surface area contributed by atoms with Gasteiger partial charge in [0.15, 0.2) is 0 Å². The second-order valence-electron chi connectivity index (χ2n) is 4.11. The van der Waals surface area contributed by atoms with Crippen molar-refractivity contribution in [1.29, 1.82) is 0 Å². The van der Waals surface area contributed by atoms with Crippen LogP contribution < -0.4 is 5.73 Å². The van der Waals surface area contributed by atoms with Gasteiger partial charge in [-0.15, -0.1) is 11.3 Å². The zero-order chi connectivity index (χ0) is 13.1. The fourth-order valence-corrected chi connectivity index (χ4v) is 2.30. The van der Waals surface area contributed by atoms with Gasteiger partial charge in [0.2, 0.25) is 11.7 Å². The molecular formula is C13H12N4OS. The van der Waals surface area contributed by atoms with Crippen LogP contribution in [0.4, 0.5) is 0 Å². The van der Waals surface area contributed by atoms with E-state index in [9.17, 15) is 0 Å². The zero-order valence-electron chi connectivity index (χ0n) is 10.1. The highest BCUT2D eigenvalue weighted by molar-refractivity contribution is 7.07. The molecule has 0 fully saturated rings. The maximum atomic E-state index is 6.11. The third-order valence-electron chi connectivity index (χ3n) is 2.75. The van der Waals surface area contributed by atoms with Crippen LogP contribution in [0.1, 0.15) is 17.5 Å². The van der Waals surface area contributed by atoms with Gasteiger partial charge >= 0.3 is 0 Å². The minimum absolute atomic E-state index is 0.148. The van der Waals surface area contributed by atoms with E-state index in [0.29, 0.717) is 18.1 Å². The summed E-state index contributed by atoms with van der Waals surface area (Å²) in [5.74, 6) is 1.04. The van der Waals surface area contributed by atoms with Gasteiger partial charge in [0.05, 0.1) is 5.51 Å². The predicted octanol–water partition coefficient (Wildman–Crippen LogP) is 2.44. The number of hydrogen-bond donors (Lipinski definition) is 1. The van der Waals surface area contributed by atoms with E-state index in [1.807, 2.05) is 35.7 Å². The van der Waals surface area contributed by atoms with E-state index in [1.54, 1.807) is 5.51 Å². The van der Waals surface area contributed by atoms with E-state index in [4.69, 9.17) is 10.3 Å². The number of aromatic nitrogens is 3. The summed E-state index contributed by atoms with van der Waals surface area (Å²) < 4.78 is 5.20. The molecule has 0 spiro atoms. The normalized spacial score (nSPS) is 12.5. The van der Waals surface area contributed by atoms with Gasteiger partial charge in [0, 0.05) is 17.8 Å². The van der Waals surface area contributed by atoms with Crippen LogP contribution in [0.3, 0.4) is 0 Å². The molecule has 0 saturated heterocycles. The Morgan fingerprint density at radius 1 is 1.26 bits per heavy atom. The van der Waals surface area contributed by atoms with Gasteiger partial charge in [-0.2, -0.15) is 4.98 Å². The Labute approximate surface area is 114 Å². The Morgan fingerprint density at radius 3 is 2.84 bits per heavy atom. The number of nitrogens with zero attached hydrogens (tertiary/aromatic N) is 3. The molecule has 3 aromatic rings. The van der Waals surface area contributed by atoms with Crippen LogP contribution in [-0.2, 0) is 6.42 Å². The summed E-state index contributed by atoms with van der Waals surface area (Å²) in [5.41, 5.74) is 9.63. The molecular weight excluding hydrogens is 260 g/mol. The van der Waals surface area contributed by atoms with Crippen LogP contribution in [-0.4, -0.2) is 15.1 Å². The molecule has 0 aliphatic rings. The molecule has 19 heavy (non-hydrogen) atoms. The molecule has 0 amide bonds. The highest BCUT2D eigenvalue weighted by Crippen LogP contribution is 2.18. The Kier molecular flexibility index (Phi) is 3.35. The maximum Gasteiger partial charge on any atom is 0.228 e. The summed E-state index contributed by atoms with van der Waals surface area (Å²) in [4.78, 5) is 8.44. The summed E-state index contributed by atoms with van der Waals surface area (Å²) in [5, 5.41) is 5.79. The first-order valence-electron chi connectivity index (χ1n) is 5.84. The third-order valence-corrected chi connectivity index (χ3v) is 3.34. The fourth-order valence-electron chi connectivity index (χ4n) is 1.77. The molecule has 1 atom stereocenters. The van der Waals surface area contributed by atoms with Crippen molar-refractivity contribution in [1.82, 2.24) is 15.1 Å². The van der Waals surface area contributed by atoms with Gasteiger partial charge in [-0.3, -0.25) is 0 Å². The summed E-state index contributed by atoms with van der Waals surface area (Å²) in [7, 11) is 0. The van der Waals surface area contributed by atoms with Crippen LogP contribution in [0.2, 0.25) is 0 Å². The Hall–Kier alpha value is -2.05. The summed E-state index contributed by atoms with van der Waals surface area (Å²) in [6.07, 6.45) is 0.515. The molecule has 0 radical (unpaired) electrons. The quantitative estimate of drug-likeness (QED) is 0.789. The van der Waals surface area contributed by atoms with E-state index >= 15 is 0 Å². The monoisotopic (exact) mass is 272 g/mol. The smallest absolute Gasteiger partial charge is 0.228 e. The molecule has 0 aliphatic heterocycles. The molecule has 1 unspecified atom stereocenters. The largest absolute Gasteiger partial charge is 0.339 e. The summed E-state index contributed by atoms with van der Waals surface area (Å²) in [6.45, 7) is 0.